The Bertz CT molecular complexity index is 1930. The molecule has 6 unspecified atom stereocenters. The predicted octanol–water partition coefficient (Wildman–Crippen LogP) is 5.34. The number of nitrogens with zero attached hydrogens (tertiary/aromatic N) is 2. The molecule has 0 radical (unpaired) electrons. The largest absolute Gasteiger partial charge is 0.507 e. The fraction of sp³-hybridized carbons (Fsp3) is 0.324. The zero-order chi connectivity index (χ0) is 34.8. The van der Waals surface area contributed by atoms with Crippen LogP contribution in [-0.4, -0.2) is 56.3 Å². The van der Waals surface area contributed by atoms with Crippen molar-refractivity contribution in [3.05, 3.63) is 106 Å². The number of fused-ring (bicyclic) bond motifs is 4. The maximum Gasteiger partial charge on any atom is 0.303 e. The fourth-order valence-corrected chi connectivity index (χ4v) is 8.71. The van der Waals surface area contributed by atoms with Crippen molar-refractivity contribution in [1.29, 1.82) is 0 Å². The summed E-state index contributed by atoms with van der Waals surface area (Å²) in [6.07, 6.45) is 2.03. The molecule has 4 amide bonds. The summed E-state index contributed by atoms with van der Waals surface area (Å²) in [4.78, 5) is 69.7. The Morgan fingerprint density at radius 2 is 1.69 bits per heavy atom. The number of hydrogen-bond donors (Lipinski definition) is 3. The van der Waals surface area contributed by atoms with Gasteiger partial charge in [-0.05, 0) is 79.6 Å². The summed E-state index contributed by atoms with van der Waals surface area (Å²) < 4.78 is 13.8. The number of nitrogens with one attached hydrogen (secondary N) is 1. The first-order chi connectivity index (χ1) is 23.4. The van der Waals surface area contributed by atoms with Gasteiger partial charge in [0.05, 0.1) is 28.9 Å². The number of rotatable bonds is 8. The molecule has 2 aliphatic carbocycles. The highest BCUT2D eigenvalue weighted by molar-refractivity contribution is 6.30. The second-order valence-corrected chi connectivity index (χ2v) is 13.6. The Morgan fingerprint density at radius 1 is 0.980 bits per heavy atom. The molecule has 252 valence electrons. The molecule has 0 bridgehead atoms. The van der Waals surface area contributed by atoms with Crippen molar-refractivity contribution >= 4 is 46.9 Å². The molecule has 2 heterocycles. The van der Waals surface area contributed by atoms with Crippen molar-refractivity contribution in [1.82, 2.24) is 9.91 Å². The molecule has 0 spiro atoms. The lowest BCUT2D eigenvalue weighted by molar-refractivity contribution is -0.142. The van der Waals surface area contributed by atoms with Gasteiger partial charge in [0.15, 0.2) is 0 Å². The molecule has 3 N–H and O–H groups in total. The number of carboxylic acid groups (broad SMARTS) is 1. The Labute approximate surface area is 286 Å². The number of aromatic hydroxyl groups is 1. The number of hydrogen-bond acceptors (Lipinski definition) is 7. The van der Waals surface area contributed by atoms with Crippen LogP contribution in [0.4, 0.5) is 10.1 Å². The van der Waals surface area contributed by atoms with Crippen LogP contribution < -0.4 is 5.43 Å². The molecule has 7 rings (SSSR count). The third kappa shape index (κ3) is 5.01. The Hall–Kier alpha value is -5.03. The quantitative estimate of drug-likeness (QED) is 0.213. The van der Waals surface area contributed by atoms with Crippen molar-refractivity contribution in [2.24, 2.45) is 23.7 Å². The van der Waals surface area contributed by atoms with Gasteiger partial charge in [-0.25, -0.2) is 4.39 Å². The van der Waals surface area contributed by atoms with Gasteiger partial charge in [0.25, 0.3) is 11.8 Å². The number of phenolic OH excluding ortho intramolecular Hbond substituents is 1. The summed E-state index contributed by atoms with van der Waals surface area (Å²) in [5.74, 6) is -7.73. The first-order valence-electron chi connectivity index (χ1n) is 16.2. The predicted molar refractivity (Wildman–Crippen MR) is 175 cm³/mol. The second-order valence-electron chi connectivity index (χ2n) is 13.2. The van der Waals surface area contributed by atoms with Crippen molar-refractivity contribution < 1.29 is 38.6 Å². The smallest absolute Gasteiger partial charge is 0.303 e. The summed E-state index contributed by atoms with van der Waals surface area (Å²) in [6.45, 7) is 1.70. The van der Waals surface area contributed by atoms with Gasteiger partial charge < -0.3 is 10.2 Å². The van der Waals surface area contributed by atoms with Crippen LogP contribution in [-0.2, 0) is 29.4 Å². The number of carboxylic acids is 1. The van der Waals surface area contributed by atoms with Crippen molar-refractivity contribution in [3.63, 3.8) is 0 Å². The van der Waals surface area contributed by atoms with Gasteiger partial charge in [-0.2, -0.15) is 5.01 Å². The van der Waals surface area contributed by atoms with Crippen LogP contribution in [0.1, 0.15) is 48.3 Å². The number of amides is 4. The van der Waals surface area contributed by atoms with Crippen LogP contribution in [0.15, 0.2) is 78.4 Å². The zero-order valence-corrected chi connectivity index (χ0v) is 27.2. The number of phenols is 1. The van der Waals surface area contributed by atoms with Gasteiger partial charge in [0, 0.05) is 29.5 Å². The van der Waals surface area contributed by atoms with E-state index in [1.54, 1.807) is 49.4 Å². The molecule has 3 aromatic rings. The van der Waals surface area contributed by atoms with Gasteiger partial charge in [0.2, 0.25) is 11.8 Å². The van der Waals surface area contributed by atoms with Gasteiger partial charge in [-0.3, -0.25) is 34.3 Å². The van der Waals surface area contributed by atoms with Gasteiger partial charge in [-0.15, -0.1) is 0 Å². The van der Waals surface area contributed by atoms with Crippen LogP contribution >= 0.6 is 11.6 Å². The van der Waals surface area contributed by atoms with Crippen molar-refractivity contribution in [3.8, 4) is 5.75 Å². The lowest BCUT2D eigenvalue weighted by Crippen LogP contribution is -2.53. The van der Waals surface area contributed by atoms with Crippen molar-refractivity contribution in [2.75, 3.05) is 12.0 Å². The number of likely N-dealkylation sites (tertiary alicyclic amines) is 1. The average molecular weight is 686 g/mol. The van der Waals surface area contributed by atoms with Crippen molar-refractivity contribution in [2.45, 2.75) is 43.9 Å². The highest BCUT2D eigenvalue weighted by Crippen LogP contribution is 2.65. The van der Waals surface area contributed by atoms with E-state index in [1.807, 2.05) is 6.08 Å². The number of hydrazine groups is 1. The summed E-state index contributed by atoms with van der Waals surface area (Å²) >= 11 is 6.31. The summed E-state index contributed by atoms with van der Waals surface area (Å²) in [6, 6.07) is 17.1. The van der Waals surface area contributed by atoms with Crippen LogP contribution in [0.2, 0.25) is 5.02 Å². The molecular weight excluding hydrogens is 653 g/mol. The van der Waals surface area contributed by atoms with E-state index in [1.165, 1.54) is 24.3 Å². The maximum absolute atomic E-state index is 15.1. The number of aryl methyl sites for hydroxylation is 1. The van der Waals surface area contributed by atoms with Gasteiger partial charge in [0.1, 0.15) is 11.6 Å². The number of benzene rings is 3. The minimum atomic E-state index is -1.61. The van der Waals surface area contributed by atoms with Crippen LogP contribution in [0.3, 0.4) is 0 Å². The Morgan fingerprint density at radius 3 is 2.39 bits per heavy atom. The molecule has 12 heteroatoms. The number of aliphatic carboxylic acids is 1. The highest BCUT2D eigenvalue weighted by atomic mass is 35.5. The first kappa shape index (κ1) is 32.5. The third-order valence-corrected chi connectivity index (χ3v) is 11.0. The monoisotopic (exact) mass is 685 g/mol. The maximum atomic E-state index is 15.1. The average Bonchev–Trinajstić information content (AvgIpc) is 3.44. The van der Waals surface area contributed by atoms with E-state index in [9.17, 15) is 28.7 Å². The SMILES string of the molecule is Cc1cccc(C2C3=CCC4C(=O)N(CCCC(=O)O)C(=O)C4C3CC3C(=O)N(Nc4ccc(F)cc4)C(=O)C32c2ccc(Cl)cc2)c1O. The first-order valence-corrected chi connectivity index (χ1v) is 16.5. The molecule has 3 fully saturated rings. The highest BCUT2D eigenvalue weighted by Gasteiger charge is 2.70. The standard InChI is InChI=1S/C37H33ClFN3O7/c1-19-4-2-5-26(32(19)45)31-24-15-16-25-30(35(48)41(33(25)46)17-3-6-29(43)44)27(24)18-28-34(47)42(40-23-13-11-22(39)12-14-23)36(49)37(28,31)20-7-9-21(38)10-8-20/h2,4-5,7-15,25,27-28,30-31,40,45H,3,6,16-18H2,1H3,(H,43,44). The van der Waals surface area contributed by atoms with Crippen LogP contribution in [0, 0.1) is 36.4 Å². The zero-order valence-electron chi connectivity index (χ0n) is 26.4. The number of anilines is 1. The van der Waals surface area contributed by atoms with E-state index in [2.05, 4.69) is 5.43 Å². The molecule has 3 aromatic carbocycles. The summed E-state index contributed by atoms with van der Waals surface area (Å²) in [7, 11) is 0. The number of imide groups is 2. The second kappa shape index (κ2) is 12.1. The minimum absolute atomic E-state index is 0.0357. The van der Waals surface area contributed by atoms with Gasteiger partial charge >= 0.3 is 5.97 Å². The van der Waals surface area contributed by atoms with E-state index < -0.39 is 64.5 Å². The number of carbonyl (C=O) groups is 5. The lowest BCUT2D eigenvalue weighted by atomic mass is 9.49. The molecular formula is C37H33ClFN3O7. The van der Waals surface area contributed by atoms with Gasteiger partial charge in [-0.1, -0.05) is 53.6 Å². The number of allylic oxidation sites excluding steroid dienone is 2. The molecule has 1 saturated carbocycles. The number of halogens is 2. The summed E-state index contributed by atoms with van der Waals surface area (Å²) in [5, 5.41) is 22.1. The Kier molecular flexibility index (Phi) is 8.05. The van der Waals surface area contributed by atoms with E-state index in [0.29, 0.717) is 33.0 Å². The topological polar surface area (TPSA) is 144 Å². The normalized spacial score (nSPS) is 27.5. The van der Waals surface area contributed by atoms with E-state index in [0.717, 1.165) is 9.91 Å². The molecule has 2 aliphatic heterocycles. The minimum Gasteiger partial charge on any atom is -0.507 e. The van der Waals surface area contributed by atoms with Crippen LogP contribution in [0.5, 0.6) is 5.75 Å². The molecule has 4 aliphatic rings. The van der Waals surface area contributed by atoms with E-state index in [4.69, 9.17) is 16.7 Å². The lowest BCUT2D eigenvalue weighted by Gasteiger charge is -2.50. The van der Waals surface area contributed by atoms with E-state index >= 15 is 4.79 Å². The van der Waals surface area contributed by atoms with E-state index in [-0.39, 0.29) is 43.9 Å². The molecule has 0 aromatic heterocycles. The molecule has 6 atom stereocenters. The summed E-state index contributed by atoms with van der Waals surface area (Å²) in [5.41, 5.74) is 3.69. The Balaban J connectivity index is 1.41. The van der Waals surface area contributed by atoms with Crippen LogP contribution in [0.25, 0.3) is 0 Å². The fourth-order valence-electron chi connectivity index (χ4n) is 8.59. The molecule has 10 nitrogen and oxygen atoms in total. The molecule has 49 heavy (non-hydrogen) atoms. The number of carbonyl (C=O) groups excluding carboxylic acids is 4. The number of para-hydroxylation sites is 1. The molecule has 2 saturated heterocycles. The third-order valence-electron chi connectivity index (χ3n) is 10.7.